The average Bonchev–Trinajstić information content (AvgIpc) is 2.88. The molecule has 1 saturated heterocycles. The minimum absolute atomic E-state index is 0.152. The van der Waals surface area contributed by atoms with Crippen LogP contribution in [0.3, 0.4) is 0 Å². The standard InChI is InChI=1S/C18H22NOP/c1-19(2)21(20)17(15-9-5-3-6-10-15)13-14-18(21)16-11-7-4-8-12-16/h3-12,17-18H,13-14H2,1-2H3/t17-,18?,21?/m0/s1. The van der Waals surface area contributed by atoms with E-state index in [1.54, 1.807) is 0 Å². The van der Waals surface area contributed by atoms with Crippen LogP contribution in [0.25, 0.3) is 0 Å². The molecule has 3 heteroatoms. The van der Waals surface area contributed by atoms with Gasteiger partial charge in [-0.2, -0.15) is 0 Å². The van der Waals surface area contributed by atoms with Gasteiger partial charge in [0.25, 0.3) is 0 Å². The van der Waals surface area contributed by atoms with Crippen molar-refractivity contribution in [3.8, 4) is 0 Å². The molecule has 1 aliphatic heterocycles. The Kier molecular flexibility index (Phi) is 4.01. The highest BCUT2D eigenvalue weighted by atomic mass is 31.2. The lowest BCUT2D eigenvalue weighted by Crippen LogP contribution is -2.14. The summed E-state index contributed by atoms with van der Waals surface area (Å²) in [6.45, 7) is 0. The van der Waals surface area contributed by atoms with Crippen LogP contribution in [0.4, 0.5) is 0 Å². The van der Waals surface area contributed by atoms with Crippen molar-refractivity contribution in [1.29, 1.82) is 0 Å². The normalized spacial score (nSPS) is 28.9. The van der Waals surface area contributed by atoms with Crippen LogP contribution in [0.15, 0.2) is 60.7 Å². The Labute approximate surface area is 127 Å². The highest BCUT2D eigenvalue weighted by Gasteiger charge is 2.48. The van der Waals surface area contributed by atoms with Gasteiger partial charge in [-0.1, -0.05) is 60.7 Å². The Balaban J connectivity index is 2.04. The minimum atomic E-state index is -2.47. The lowest BCUT2D eigenvalue weighted by molar-refractivity contribution is 0.502. The predicted molar refractivity (Wildman–Crippen MR) is 88.9 cm³/mol. The first kappa shape index (κ1) is 14.6. The van der Waals surface area contributed by atoms with E-state index in [-0.39, 0.29) is 11.3 Å². The second-order valence-corrected chi connectivity index (χ2v) is 9.34. The summed E-state index contributed by atoms with van der Waals surface area (Å²) in [6.07, 6.45) is 2.00. The van der Waals surface area contributed by atoms with E-state index < -0.39 is 7.29 Å². The fraction of sp³-hybridized carbons (Fsp3) is 0.333. The first-order valence-corrected chi connectivity index (χ1v) is 9.31. The summed E-state index contributed by atoms with van der Waals surface area (Å²) in [6, 6.07) is 20.7. The number of hydrogen-bond donors (Lipinski definition) is 0. The molecule has 0 amide bonds. The summed E-state index contributed by atoms with van der Waals surface area (Å²) in [5.74, 6) is 0. The largest absolute Gasteiger partial charge is 0.305 e. The lowest BCUT2D eigenvalue weighted by Gasteiger charge is -2.32. The van der Waals surface area contributed by atoms with Crippen LogP contribution in [0.2, 0.25) is 0 Å². The maximum atomic E-state index is 13.9. The maximum absolute atomic E-state index is 13.9. The van der Waals surface area contributed by atoms with Crippen molar-refractivity contribution in [2.24, 2.45) is 0 Å². The monoisotopic (exact) mass is 299 g/mol. The summed E-state index contributed by atoms with van der Waals surface area (Å²) in [5.41, 5.74) is 2.73. The second-order valence-electron chi connectivity index (χ2n) is 5.95. The number of hydrogen-bond acceptors (Lipinski definition) is 1. The van der Waals surface area contributed by atoms with E-state index in [0.29, 0.717) is 0 Å². The molecule has 2 aromatic carbocycles. The van der Waals surface area contributed by atoms with E-state index in [0.717, 1.165) is 12.8 Å². The summed E-state index contributed by atoms with van der Waals surface area (Å²) in [4.78, 5) is 0. The summed E-state index contributed by atoms with van der Waals surface area (Å²) >= 11 is 0. The summed E-state index contributed by atoms with van der Waals surface area (Å²) < 4.78 is 15.9. The minimum Gasteiger partial charge on any atom is -0.305 e. The number of rotatable bonds is 3. The topological polar surface area (TPSA) is 20.3 Å². The molecule has 21 heavy (non-hydrogen) atoms. The van der Waals surface area contributed by atoms with Gasteiger partial charge >= 0.3 is 0 Å². The van der Waals surface area contributed by atoms with Crippen LogP contribution in [-0.4, -0.2) is 18.8 Å². The molecule has 2 aromatic rings. The van der Waals surface area contributed by atoms with Gasteiger partial charge in [0.05, 0.1) is 11.3 Å². The molecular formula is C18H22NOP. The lowest BCUT2D eigenvalue weighted by atomic mass is 10.0. The molecule has 110 valence electrons. The molecule has 0 N–H and O–H groups in total. The molecule has 2 unspecified atom stereocenters. The molecule has 1 fully saturated rings. The van der Waals surface area contributed by atoms with Crippen LogP contribution in [-0.2, 0) is 4.57 Å². The Morgan fingerprint density at radius 2 is 1.19 bits per heavy atom. The molecule has 0 saturated carbocycles. The van der Waals surface area contributed by atoms with Gasteiger partial charge in [0, 0.05) is 0 Å². The first-order chi connectivity index (χ1) is 10.1. The third-order valence-corrected chi connectivity index (χ3v) is 8.75. The Morgan fingerprint density at radius 1 is 0.810 bits per heavy atom. The van der Waals surface area contributed by atoms with Gasteiger partial charge in [0.15, 0.2) is 7.29 Å². The van der Waals surface area contributed by atoms with Crippen molar-refractivity contribution in [3.63, 3.8) is 0 Å². The fourth-order valence-electron chi connectivity index (χ4n) is 3.57. The highest BCUT2D eigenvalue weighted by molar-refractivity contribution is 7.62. The van der Waals surface area contributed by atoms with E-state index in [9.17, 15) is 4.57 Å². The molecular weight excluding hydrogens is 277 g/mol. The molecule has 1 aliphatic rings. The van der Waals surface area contributed by atoms with E-state index >= 15 is 0 Å². The van der Waals surface area contributed by atoms with Crippen LogP contribution in [0, 0.1) is 0 Å². The Bertz CT molecular complexity index is 587. The zero-order valence-corrected chi connectivity index (χ0v) is 13.5. The number of benzene rings is 2. The van der Waals surface area contributed by atoms with E-state index in [1.165, 1.54) is 11.1 Å². The van der Waals surface area contributed by atoms with Crippen molar-refractivity contribution in [2.75, 3.05) is 14.1 Å². The van der Waals surface area contributed by atoms with Crippen molar-refractivity contribution in [3.05, 3.63) is 71.8 Å². The van der Waals surface area contributed by atoms with Gasteiger partial charge in [-0.3, -0.25) is 4.67 Å². The predicted octanol–water partition coefficient (Wildman–Crippen LogP) is 5.10. The van der Waals surface area contributed by atoms with Gasteiger partial charge < -0.3 is 4.57 Å². The molecule has 1 heterocycles. The molecule has 0 bridgehead atoms. The van der Waals surface area contributed by atoms with Gasteiger partial charge in [0.2, 0.25) is 0 Å². The maximum Gasteiger partial charge on any atom is 0.164 e. The number of nitrogens with zero attached hydrogens (tertiary/aromatic N) is 1. The Morgan fingerprint density at radius 3 is 1.52 bits per heavy atom. The smallest absolute Gasteiger partial charge is 0.164 e. The third-order valence-electron chi connectivity index (χ3n) is 4.60. The van der Waals surface area contributed by atoms with Gasteiger partial charge in [0.1, 0.15) is 0 Å². The van der Waals surface area contributed by atoms with Crippen LogP contribution in [0.1, 0.15) is 35.3 Å². The Hall–Kier alpha value is -1.37. The summed E-state index contributed by atoms with van der Waals surface area (Å²) in [7, 11) is 1.47. The molecule has 0 radical (unpaired) electrons. The molecule has 0 aromatic heterocycles. The average molecular weight is 299 g/mol. The highest BCUT2D eigenvalue weighted by Crippen LogP contribution is 2.77. The SMILES string of the molecule is CN(C)P1(=O)C(c2ccccc2)CC[C@H]1c1ccccc1. The van der Waals surface area contributed by atoms with Gasteiger partial charge in [-0.25, -0.2) is 0 Å². The molecule has 2 nitrogen and oxygen atoms in total. The zero-order chi connectivity index (χ0) is 14.9. The molecule has 0 aliphatic carbocycles. The van der Waals surface area contributed by atoms with Crippen molar-refractivity contribution >= 4 is 7.29 Å². The van der Waals surface area contributed by atoms with Crippen LogP contribution < -0.4 is 0 Å². The van der Waals surface area contributed by atoms with Crippen molar-refractivity contribution in [1.82, 2.24) is 4.67 Å². The second kappa shape index (κ2) is 5.79. The van der Waals surface area contributed by atoms with Crippen LogP contribution in [0.5, 0.6) is 0 Å². The van der Waals surface area contributed by atoms with E-state index in [1.807, 2.05) is 55.2 Å². The van der Waals surface area contributed by atoms with Crippen molar-refractivity contribution < 1.29 is 4.57 Å². The molecule has 3 atom stereocenters. The molecule has 3 rings (SSSR count). The van der Waals surface area contributed by atoms with E-state index in [4.69, 9.17) is 0 Å². The van der Waals surface area contributed by atoms with Gasteiger partial charge in [-0.15, -0.1) is 0 Å². The van der Waals surface area contributed by atoms with Crippen molar-refractivity contribution in [2.45, 2.75) is 24.2 Å². The zero-order valence-electron chi connectivity index (χ0n) is 12.6. The third kappa shape index (κ3) is 2.47. The van der Waals surface area contributed by atoms with E-state index in [2.05, 4.69) is 24.3 Å². The molecule has 0 spiro atoms. The fourth-order valence-corrected chi connectivity index (χ4v) is 7.36. The quantitative estimate of drug-likeness (QED) is 0.735. The summed E-state index contributed by atoms with van der Waals surface area (Å²) in [5, 5.41) is 0. The van der Waals surface area contributed by atoms with Crippen LogP contribution >= 0.6 is 7.29 Å². The van der Waals surface area contributed by atoms with Gasteiger partial charge in [-0.05, 0) is 38.1 Å². The first-order valence-electron chi connectivity index (χ1n) is 7.51.